The van der Waals surface area contributed by atoms with Crippen molar-refractivity contribution in [3.8, 4) is 0 Å². The average Bonchev–Trinajstić information content (AvgIpc) is 2.35. The molecule has 12 heavy (non-hydrogen) atoms. The maximum Gasteiger partial charge on any atom is 0.309 e. The lowest BCUT2D eigenvalue weighted by molar-refractivity contribution is -0.142. The highest BCUT2D eigenvalue weighted by molar-refractivity contribution is 5.74. The van der Waals surface area contributed by atoms with Gasteiger partial charge >= 0.3 is 5.97 Å². The SMILES string of the molecule is CC1CC2COC(=O)C2CC1O. The normalized spacial score (nSPS) is 47.0. The number of hydrogen-bond donors (Lipinski definition) is 1. The van der Waals surface area contributed by atoms with E-state index < -0.39 is 0 Å². The van der Waals surface area contributed by atoms with Gasteiger partial charge in [0.05, 0.1) is 18.6 Å². The summed E-state index contributed by atoms with van der Waals surface area (Å²) < 4.78 is 4.95. The number of carbonyl (C=O) groups excluding carboxylic acids is 1. The van der Waals surface area contributed by atoms with E-state index >= 15 is 0 Å². The van der Waals surface area contributed by atoms with Gasteiger partial charge in [-0.3, -0.25) is 4.79 Å². The van der Waals surface area contributed by atoms with Crippen LogP contribution in [0.5, 0.6) is 0 Å². The van der Waals surface area contributed by atoms with Crippen LogP contribution in [-0.2, 0) is 9.53 Å². The van der Waals surface area contributed by atoms with Crippen LogP contribution in [0.4, 0.5) is 0 Å². The maximum absolute atomic E-state index is 11.1. The van der Waals surface area contributed by atoms with Gasteiger partial charge in [0.1, 0.15) is 0 Å². The first kappa shape index (κ1) is 8.05. The number of hydrogen-bond acceptors (Lipinski definition) is 3. The molecule has 4 atom stereocenters. The molecule has 1 saturated heterocycles. The summed E-state index contributed by atoms with van der Waals surface area (Å²) in [5, 5.41) is 9.53. The summed E-state index contributed by atoms with van der Waals surface area (Å²) in [5.41, 5.74) is 0. The molecule has 1 aliphatic carbocycles. The fraction of sp³-hybridized carbons (Fsp3) is 0.889. The van der Waals surface area contributed by atoms with Gasteiger partial charge in [0.2, 0.25) is 0 Å². The van der Waals surface area contributed by atoms with Crippen molar-refractivity contribution in [2.75, 3.05) is 6.61 Å². The molecule has 0 bridgehead atoms. The van der Waals surface area contributed by atoms with Gasteiger partial charge in [0.25, 0.3) is 0 Å². The minimum Gasteiger partial charge on any atom is -0.465 e. The van der Waals surface area contributed by atoms with E-state index in [-0.39, 0.29) is 18.0 Å². The van der Waals surface area contributed by atoms with Crippen molar-refractivity contribution in [1.82, 2.24) is 0 Å². The van der Waals surface area contributed by atoms with E-state index in [2.05, 4.69) is 0 Å². The van der Waals surface area contributed by atoms with Crippen LogP contribution in [0.1, 0.15) is 19.8 Å². The van der Waals surface area contributed by atoms with Crippen LogP contribution in [0.3, 0.4) is 0 Å². The smallest absolute Gasteiger partial charge is 0.309 e. The van der Waals surface area contributed by atoms with Crippen molar-refractivity contribution < 1.29 is 14.6 Å². The Balaban J connectivity index is 2.09. The van der Waals surface area contributed by atoms with Crippen LogP contribution >= 0.6 is 0 Å². The van der Waals surface area contributed by atoms with Crippen molar-refractivity contribution in [2.45, 2.75) is 25.9 Å². The molecule has 0 amide bonds. The molecule has 2 fully saturated rings. The number of ether oxygens (including phenoxy) is 1. The van der Waals surface area contributed by atoms with E-state index in [1.807, 2.05) is 6.92 Å². The highest BCUT2D eigenvalue weighted by Crippen LogP contribution is 2.38. The summed E-state index contributed by atoms with van der Waals surface area (Å²) >= 11 is 0. The third-order valence-electron chi connectivity index (χ3n) is 3.14. The lowest BCUT2D eigenvalue weighted by Crippen LogP contribution is -2.34. The van der Waals surface area contributed by atoms with E-state index in [9.17, 15) is 9.90 Å². The largest absolute Gasteiger partial charge is 0.465 e. The van der Waals surface area contributed by atoms with Gasteiger partial charge in [-0.05, 0) is 18.8 Å². The Morgan fingerprint density at radius 2 is 2.25 bits per heavy atom. The molecule has 1 N–H and O–H groups in total. The Kier molecular flexibility index (Phi) is 1.83. The molecule has 3 nitrogen and oxygen atoms in total. The second-order valence-corrected chi connectivity index (χ2v) is 4.01. The number of fused-ring (bicyclic) bond motifs is 1. The van der Waals surface area contributed by atoms with Crippen molar-refractivity contribution >= 4 is 5.97 Å². The van der Waals surface area contributed by atoms with Gasteiger partial charge in [-0.1, -0.05) is 6.92 Å². The third-order valence-corrected chi connectivity index (χ3v) is 3.14. The lowest BCUT2D eigenvalue weighted by atomic mass is 9.75. The van der Waals surface area contributed by atoms with Crippen molar-refractivity contribution in [3.05, 3.63) is 0 Å². The first-order valence-electron chi connectivity index (χ1n) is 4.53. The van der Waals surface area contributed by atoms with Crippen LogP contribution in [0.15, 0.2) is 0 Å². The average molecular weight is 170 g/mol. The van der Waals surface area contributed by atoms with Gasteiger partial charge in [-0.2, -0.15) is 0 Å². The van der Waals surface area contributed by atoms with Gasteiger partial charge in [-0.25, -0.2) is 0 Å². The highest BCUT2D eigenvalue weighted by Gasteiger charge is 2.43. The Morgan fingerprint density at radius 1 is 1.50 bits per heavy atom. The molecule has 0 spiro atoms. The van der Waals surface area contributed by atoms with E-state index in [0.29, 0.717) is 24.9 Å². The van der Waals surface area contributed by atoms with Crippen LogP contribution in [-0.4, -0.2) is 23.8 Å². The summed E-state index contributed by atoms with van der Waals surface area (Å²) in [6, 6.07) is 0. The summed E-state index contributed by atoms with van der Waals surface area (Å²) in [5.74, 6) is 0.568. The lowest BCUT2D eigenvalue weighted by Gasteiger charge is -2.30. The standard InChI is InChI=1S/C9H14O3/c1-5-2-6-4-12-9(11)7(6)3-8(5)10/h5-8,10H,2-4H2,1H3. The molecular weight excluding hydrogens is 156 g/mol. The summed E-state index contributed by atoms with van der Waals surface area (Å²) in [6.45, 7) is 2.60. The fourth-order valence-electron chi connectivity index (χ4n) is 2.25. The molecule has 0 radical (unpaired) electrons. The molecule has 0 aromatic carbocycles. The highest BCUT2D eigenvalue weighted by atomic mass is 16.5. The summed E-state index contributed by atoms with van der Waals surface area (Å²) in [7, 11) is 0. The third kappa shape index (κ3) is 1.12. The minimum atomic E-state index is -0.308. The molecule has 4 unspecified atom stereocenters. The predicted molar refractivity (Wildman–Crippen MR) is 42.3 cm³/mol. The molecule has 2 aliphatic rings. The predicted octanol–water partition coefficient (Wildman–Crippen LogP) is 0.566. The summed E-state index contributed by atoms with van der Waals surface area (Å²) in [4.78, 5) is 11.1. The van der Waals surface area contributed by atoms with E-state index in [0.717, 1.165) is 6.42 Å². The van der Waals surface area contributed by atoms with Crippen molar-refractivity contribution in [2.24, 2.45) is 17.8 Å². The first-order chi connectivity index (χ1) is 5.68. The molecule has 3 heteroatoms. The Morgan fingerprint density at radius 3 is 3.00 bits per heavy atom. The van der Waals surface area contributed by atoms with Crippen LogP contribution in [0.2, 0.25) is 0 Å². The molecule has 0 aromatic heterocycles. The Labute approximate surface area is 71.7 Å². The van der Waals surface area contributed by atoms with Gasteiger partial charge < -0.3 is 9.84 Å². The van der Waals surface area contributed by atoms with E-state index in [1.165, 1.54) is 0 Å². The zero-order chi connectivity index (χ0) is 8.72. The summed E-state index contributed by atoms with van der Waals surface area (Å²) in [6.07, 6.45) is 1.22. The van der Waals surface area contributed by atoms with Gasteiger partial charge in [0, 0.05) is 5.92 Å². The number of rotatable bonds is 0. The Bertz CT molecular complexity index is 202. The van der Waals surface area contributed by atoms with Gasteiger partial charge in [0.15, 0.2) is 0 Å². The quantitative estimate of drug-likeness (QED) is 0.540. The topological polar surface area (TPSA) is 46.5 Å². The minimum absolute atomic E-state index is 0.0174. The molecule has 1 aliphatic heterocycles. The molecule has 0 aromatic rings. The molecule has 1 saturated carbocycles. The number of cyclic esters (lactones) is 1. The van der Waals surface area contributed by atoms with Crippen LogP contribution < -0.4 is 0 Å². The fourth-order valence-corrected chi connectivity index (χ4v) is 2.25. The van der Waals surface area contributed by atoms with Crippen LogP contribution in [0.25, 0.3) is 0 Å². The number of esters is 1. The Hall–Kier alpha value is -0.570. The second kappa shape index (κ2) is 2.73. The number of aliphatic hydroxyl groups is 1. The molecule has 68 valence electrons. The number of carbonyl (C=O) groups is 1. The van der Waals surface area contributed by atoms with E-state index in [1.54, 1.807) is 0 Å². The van der Waals surface area contributed by atoms with Crippen molar-refractivity contribution in [1.29, 1.82) is 0 Å². The first-order valence-corrected chi connectivity index (χ1v) is 4.53. The van der Waals surface area contributed by atoms with E-state index in [4.69, 9.17) is 4.74 Å². The number of aliphatic hydroxyl groups excluding tert-OH is 1. The molecule has 2 rings (SSSR count). The zero-order valence-electron chi connectivity index (χ0n) is 7.19. The second-order valence-electron chi connectivity index (χ2n) is 4.01. The maximum atomic E-state index is 11.1. The van der Waals surface area contributed by atoms with Crippen LogP contribution in [0, 0.1) is 17.8 Å². The zero-order valence-corrected chi connectivity index (χ0v) is 7.19. The van der Waals surface area contributed by atoms with Gasteiger partial charge in [-0.15, -0.1) is 0 Å². The molecule has 1 heterocycles. The monoisotopic (exact) mass is 170 g/mol. The van der Waals surface area contributed by atoms with Crippen molar-refractivity contribution in [3.63, 3.8) is 0 Å². The molecular formula is C9H14O3.